The molecule has 0 unspecified atom stereocenters. The average Bonchev–Trinajstić information content (AvgIpc) is 3.31. The zero-order valence-electron chi connectivity index (χ0n) is 18.5. The Kier molecular flexibility index (Phi) is 6.96. The van der Waals surface area contributed by atoms with E-state index in [1.165, 1.54) is 0 Å². The first-order valence-corrected chi connectivity index (χ1v) is 11.6. The molecule has 0 bridgehead atoms. The fourth-order valence-corrected chi connectivity index (χ4v) is 4.25. The lowest BCUT2D eigenvalue weighted by atomic mass is 10.1. The van der Waals surface area contributed by atoms with E-state index in [2.05, 4.69) is 10.2 Å². The van der Waals surface area contributed by atoms with Crippen LogP contribution in [0.2, 0.25) is 10.0 Å². The van der Waals surface area contributed by atoms with Gasteiger partial charge in [-0.1, -0.05) is 49.2 Å². The highest BCUT2D eigenvalue weighted by Crippen LogP contribution is 2.32. The van der Waals surface area contributed by atoms with Crippen LogP contribution in [0.4, 0.5) is 11.4 Å². The van der Waals surface area contributed by atoms with Crippen molar-refractivity contribution in [2.75, 3.05) is 36.4 Å². The summed E-state index contributed by atoms with van der Waals surface area (Å²) in [5.74, 6) is 0.434. The van der Waals surface area contributed by atoms with Gasteiger partial charge in [-0.05, 0) is 42.5 Å². The van der Waals surface area contributed by atoms with Crippen molar-refractivity contribution in [1.82, 2.24) is 4.90 Å². The summed E-state index contributed by atoms with van der Waals surface area (Å²) in [5, 5.41) is 3.97. The monoisotopic (exact) mass is 485 g/mol. The second-order valence-corrected chi connectivity index (χ2v) is 9.07. The number of carbonyl (C=O) groups is 2. The number of hydrogen-bond acceptors (Lipinski definition) is 4. The van der Waals surface area contributed by atoms with Gasteiger partial charge in [0.25, 0.3) is 5.91 Å². The van der Waals surface area contributed by atoms with Crippen molar-refractivity contribution in [3.8, 4) is 11.3 Å². The molecule has 1 aliphatic heterocycles. The number of furan rings is 1. The number of benzene rings is 2. The van der Waals surface area contributed by atoms with E-state index in [4.69, 9.17) is 27.6 Å². The van der Waals surface area contributed by atoms with E-state index in [1.807, 2.05) is 43.0 Å². The largest absolute Gasteiger partial charge is 0.451 e. The summed E-state index contributed by atoms with van der Waals surface area (Å²) in [6.07, 6.45) is 0. The van der Waals surface area contributed by atoms with Crippen LogP contribution in [0.25, 0.3) is 11.3 Å². The predicted molar refractivity (Wildman–Crippen MR) is 132 cm³/mol. The first kappa shape index (κ1) is 23.2. The number of anilines is 2. The third-order valence-electron chi connectivity index (χ3n) is 5.60. The zero-order valence-corrected chi connectivity index (χ0v) is 20.0. The topological polar surface area (TPSA) is 65.8 Å². The van der Waals surface area contributed by atoms with Crippen LogP contribution >= 0.6 is 23.2 Å². The number of amides is 2. The Balaban J connectivity index is 1.48. The molecule has 172 valence electrons. The number of piperazine rings is 1. The van der Waals surface area contributed by atoms with Gasteiger partial charge < -0.3 is 19.5 Å². The van der Waals surface area contributed by atoms with Crippen LogP contribution in [-0.4, -0.2) is 42.9 Å². The summed E-state index contributed by atoms with van der Waals surface area (Å²) in [4.78, 5) is 29.3. The maximum absolute atomic E-state index is 12.9. The SMILES string of the molecule is CC(C)C(=O)N1CCN(c2ccccc2NC(=O)c2ccc(-c3cc(Cl)ccc3Cl)o2)CC1. The van der Waals surface area contributed by atoms with Gasteiger partial charge in [0.05, 0.1) is 16.4 Å². The van der Waals surface area contributed by atoms with Crippen LogP contribution in [0.3, 0.4) is 0 Å². The molecule has 1 N–H and O–H groups in total. The number of hydrogen-bond donors (Lipinski definition) is 1. The van der Waals surface area contributed by atoms with Gasteiger partial charge in [0.2, 0.25) is 5.91 Å². The molecule has 0 radical (unpaired) electrons. The lowest BCUT2D eigenvalue weighted by Gasteiger charge is -2.37. The van der Waals surface area contributed by atoms with Crippen LogP contribution in [0, 0.1) is 5.92 Å². The van der Waals surface area contributed by atoms with Gasteiger partial charge in [-0.2, -0.15) is 0 Å². The molecule has 1 aromatic heterocycles. The minimum atomic E-state index is -0.361. The van der Waals surface area contributed by atoms with Crippen LogP contribution in [0.15, 0.2) is 59.0 Å². The Hall–Kier alpha value is -2.96. The van der Waals surface area contributed by atoms with E-state index in [0.717, 1.165) is 5.69 Å². The highest BCUT2D eigenvalue weighted by Gasteiger charge is 2.24. The van der Waals surface area contributed by atoms with Crippen molar-refractivity contribution in [3.63, 3.8) is 0 Å². The zero-order chi connectivity index (χ0) is 23.5. The fourth-order valence-electron chi connectivity index (χ4n) is 3.86. The van der Waals surface area contributed by atoms with Crippen LogP contribution < -0.4 is 10.2 Å². The van der Waals surface area contributed by atoms with E-state index < -0.39 is 0 Å². The molecular weight excluding hydrogens is 461 g/mol. The lowest BCUT2D eigenvalue weighted by Crippen LogP contribution is -2.50. The summed E-state index contributed by atoms with van der Waals surface area (Å²) >= 11 is 12.3. The molecule has 6 nitrogen and oxygen atoms in total. The Labute approximate surface area is 203 Å². The normalized spacial score (nSPS) is 14.0. The molecule has 2 amide bonds. The number of halogens is 2. The van der Waals surface area contributed by atoms with Crippen molar-refractivity contribution in [2.45, 2.75) is 13.8 Å². The van der Waals surface area contributed by atoms with Gasteiger partial charge in [-0.25, -0.2) is 0 Å². The third-order valence-corrected chi connectivity index (χ3v) is 6.17. The van der Waals surface area contributed by atoms with Crippen LogP contribution in [0.1, 0.15) is 24.4 Å². The molecule has 0 spiro atoms. The molecule has 2 aromatic carbocycles. The smallest absolute Gasteiger partial charge is 0.291 e. The number of nitrogens with zero attached hydrogens (tertiary/aromatic N) is 2. The fraction of sp³-hybridized carbons (Fsp3) is 0.280. The van der Waals surface area contributed by atoms with Crippen LogP contribution in [0.5, 0.6) is 0 Å². The van der Waals surface area contributed by atoms with E-state index in [1.54, 1.807) is 30.3 Å². The van der Waals surface area contributed by atoms with Gasteiger partial charge in [0, 0.05) is 42.7 Å². The van der Waals surface area contributed by atoms with Crippen molar-refractivity contribution in [1.29, 1.82) is 0 Å². The van der Waals surface area contributed by atoms with Gasteiger partial charge >= 0.3 is 0 Å². The van der Waals surface area contributed by atoms with Gasteiger partial charge in [0.15, 0.2) is 5.76 Å². The average molecular weight is 486 g/mol. The second-order valence-electron chi connectivity index (χ2n) is 8.23. The highest BCUT2D eigenvalue weighted by molar-refractivity contribution is 6.35. The molecule has 0 aliphatic carbocycles. The summed E-state index contributed by atoms with van der Waals surface area (Å²) in [6.45, 7) is 6.54. The maximum Gasteiger partial charge on any atom is 0.291 e. The minimum absolute atomic E-state index is 0.0110. The van der Waals surface area contributed by atoms with Crippen molar-refractivity contribution in [3.05, 3.63) is 70.4 Å². The number of para-hydroxylation sites is 2. The minimum Gasteiger partial charge on any atom is -0.451 e. The second kappa shape index (κ2) is 9.89. The van der Waals surface area contributed by atoms with Crippen molar-refractivity contribution < 1.29 is 14.0 Å². The van der Waals surface area contributed by atoms with Gasteiger partial charge in [0.1, 0.15) is 5.76 Å². The molecule has 8 heteroatoms. The highest BCUT2D eigenvalue weighted by atomic mass is 35.5. The molecule has 1 saturated heterocycles. The molecular formula is C25H25Cl2N3O3. The molecule has 3 aromatic rings. The third kappa shape index (κ3) is 5.18. The van der Waals surface area contributed by atoms with Crippen LogP contribution in [-0.2, 0) is 4.79 Å². The van der Waals surface area contributed by atoms with Gasteiger partial charge in [-0.15, -0.1) is 0 Å². The molecule has 1 fully saturated rings. The standard InChI is InChI=1S/C25H25Cl2N3O3/c1-16(2)25(32)30-13-11-29(12-14-30)21-6-4-3-5-20(21)28-24(31)23-10-9-22(33-23)18-15-17(26)7-8-19(18)27/h3-10,15-16H,11-14H2,1-2H3,(H,28,31). The number of rotatable bonds is 5. The Morgan fingerprint density at radius 2 is 1.70 bits per heavy atom. The summed E-state index contributed by atoms with van der Waals surface area (Å²) < 4.78 is 5.77. The number of carbonyl (C=O) groups excluding carboxylic acids is 2. The summed E-state index contributed by atoms with van der Waals surface area (Å²) in [7, 11) is 0. The van der Waals surface area contributed by atoms with E-state index >= 15 is 0 Å². The van der Waals surface area contributed by atoms with E-state index in [0.29, 0.717) is 53.2 Å². The molecule has 2 heterocycles. The lowest BCUT2D eigenvalue weighted by molar-refractivity contribution is -0.134. The molecule has 0 saturated carbocycles. The first-order valence-electron chi connectivity index (χ1n) is 10.8. The molecule has 1 aliphatic rings. The van der Waals surface area contributed by atoms with E-state index in [9.17, 15) is 9.59 Å². The van der Waals surface area contributed by atoms with Gasteiger partial charge in [-0.3, -0.25) is 9.59 Å². The van der Waals surface area contributed by atoms with E-state index in [-0.39, 0.29) is 23.5 Å². The molecule has 33 heavy (non-hydrogen) atoms. The molecule has 0 atom stereocenters. The predicted octanol–water partition coefficient (Wildman–Crippen LogP) is 5.81. The Morgan fingerprint density at radius 3 is 2.42 bits per heavy atom. The van der Waals surface area contributed by atoms with Crippen molar-refractivity contribution >= 4 is 46.4 Å². The van der Waals surface area contributed by atoms with Crippen molar-refractivity contribution in [2.24, 2.45) is 5.92 Å². The Bertz CT molecular complexity index is 1170. The number of nitrogens with one attached hydrogen (secondary N) is 1. The summed E-state index contributed by atoms with van der Waals surface area (Å²) in [6, 6.07) is 16.0. The maximum atomic E-state index is 12.9. The summed E-state index contributed by atoms with van der Waals surface area (Å²) in [5.41, 5.74) is 2.22. The quantitative estimate of drug-likeness (QED) is 0.494. The first-order chi connectivity index (χ1) is 15.8. The molecule has 4 rings (SSSR count). The Morgan fingerprint density at radius 1 is 0.970 bits per heavy atom.